The Labute approximate surface area is 165 Å². The summed E-state index contributed by atoms with van der Waals surface area (Å²) in [6.45, 7) is 3.82. The molecular weight excluding hydrogens is 391 g/mol. The summed E-state index contributed by atoms with van der Waals surface area (Å²) in [4.78, 5) is 24.0. The molecular formula is C17H21FN4O3S2. The number of hydrogen-bond donors (Lipinski definition) is 2. The van der Waals surface area contributed by atoms with Crippen LogP contribution in [0.25, 0.3) is 0 Å². The maximum absolute atomic E-state index is 13.2. The molecule has 0 fully saturated rings. The lowest BCUT2D eigenvalue weighted by Gasteiger charge is -2.21. The summed E-state index contributed by atoms with van der Waals surface area (Å²) >= 11 is 2.46. The molecule has 1 heterocycles. The molecule has 0 saturated heterocycles. The number of amides is 1. The van der Waals surface area contributed by atoms with Crippen molar-refractivity contribution in [2.45, 2.75) is 30.6 Å². The Kier molecular flexibility index (Phi) is 7.99. The first-order valence-corrected chi connectivity index (χ1v) is 10.1. The summed E-state index contributed by atoms with van der Waals surface area (Å²) in [5, 5.41) is 14.1. The Morgan fingerprint density at radius 2 is 2.15 bits per heavy atom. The predicted octanol–water partition coefficient (Wildman–Crippen LogP) is 3.22. The van der Waals surface area contributed by atoms with E-state index in [1.54, 1.807) is 12.1 Å². The second-order valence-corrected chi connectivity index (χ2v) is 7.95. The van der Waals surface area contributed by atoms with Gasteiger partial charge in [-0.25, -0.2) is 9.18 Å². The minimum atomic E-state index is -0.673. The van der Waals surface area contributed by atoms with Crippen LogP contribution < -0.4 is 10.6 Å². The third kappa shape index (κ3) is 6.47. The van der Waals surface area contributed by atoms with Crippen molar-refractivity contribution in [2.24, 2.45) is 5.92 Å². The van der Waals surface area contributed by atoms with Crippen LogP contribution in [0.5, 0.6) is 0 Å². The molecule has 2 aromatic rings. The van der Waals surface area contributed by atoms with Gasteiger partial charge in [-0.2, -0.15) is 0 Å². The van der Waals surface area contributed by atoms with Crippen LogP contribution in [0.2, 0.25) is 0 Å². The summed E-state index contributed by atoms with van der Waals surface area (Å²) in [6.07, 6.45) is 0.735. The third-order valence-electron chi connectivity index (χ3n) is 3.79. The van der Waals surface area contributed by atoms with Crippen LogP contribution in [0.3, 0.4) is 0 Å². The lowest BCUT2D eigenvalue weighted by molar-refractivity contribution is -0.146. The lowest BCUT2D eigenvalue weighted by atomic mass is 9.99. The zero-order valence-electron chi connectivity index (χ0n) is 15.2. The van der Waals surface area contributed by atoms with E-state index in [2.05, 4.69) is 20.8 Å². The van der Waals surface area contributed by atoms with Crippen LogP contribution in [0, 0.1) is 11.7 Å². The van der Waals surface area contributed by atoms with Gasteiger partial charge in [-0.1, -0.05) is 49.4 Å². The number of thioether (sulfide) groups is 1. The molecule has 0 aliphatic carbocycles. The van der Waals surface area contributed by atoms with Crippen LogP contribution in [-0.4, -0.2) is 41.0 Å². The number of halogens is 1. The largest absolute Gasteiger partial charge is 0.467 e. The number of carbonyl (C=O) groups is 2. The number of methoxy groups -OCH3 is 1. The number of nitrogens with one attached hydrogen (secondary N) is 2. The smallest absolute Gasteiger partial charge is 0.328 e. The number of anilines is 2. The maximum atomic E-state index is 13.2. The molecule has 10 heteroatoms. The minimum absolute atomic E-state index is 0.0324. The molecule has 1 amide bonds. The van der Waals surface area contributed by atoms with Crippen LogP contribution in [0.15, 0.2) is 28.6 Å². The van der Waals surface area contributed by atoms with Crippen LogP contribution >= 0.6 is 23.1 Å². The number of aromatic nitrogens is 2. The highest BCUT2D eigenvalue weighted by molar-refractivity contribution is 8.01. The molecule has 7 nitrogen and oxygen atoms in total. The summed E-state index contributed by atoms with van der Waals surface area (Å²) in [5.41, 5.74) is 0.565. The van der Waals surface area contributed by atoms with Crippen molar-refractivity contribution in [1.29, 1.82) is 0 Å². The van der Waals surface area contributed by atoms with E-state index in [-0.39, 0.29) is 23.4 Å². The van der Waals surface area contributed by atoms with Crippen molar-refractivity contribution < 1.29 is 18.7 Å². The molecule has 0 spiro atoms. The molecule has 0 unspecified atom stereocenters. The fourth-order valence-corrected chi connectivity index (χ4v) is 3.73. The molecule has 0 aliphatic heterocycles. The van der Waals surface area contributed by atoms with Crippen molar-refractivity contribution in [3.8, 4) is 0 Å². The Bertz CT molecular complexity index is 787. The Hall–Kier alpha value is -2.20. The van der Waals surface area contributed by atoms with Gasteiger partial charge in [-0.05, 0) is 24.1 Å². The van der Waals surface area contributed by atoms with E-state index < -0.39 is 12.0 Å². The SMILES string of the molecule is CC[C@@H](C)[C@H](NC(=O)CSc1nnc(Nc2cccc(F)c2)s1)C(=O)OC. The zero-order chi connectivity index (χ0) is 19.8. The molecule has 2 atom stereocenters. The highest BCUT2D eigenvalue weighted by Gasteiger charge is 2.26. The highest BCUT2D eigenvalue weighted by Crippen LogP contribution is 2.27. The Morgan fingerprint density at radius 3 is 2.81 bits per heavy atom. The topological polar surface area (TPSA) is 93.2 Å². The molecule has 27 heavy (non-hydrogen) atoms. The van der Waals surface area contributed by atoms with E-state index in [0.29, 0.717) is 15.2 Å². The van der Waals surface area contributed by atoms with Crippen molar-refractivity contribution in [2.75, 3.05) is 18.2 Å². The van der Waals surface area contributed by atoms with Gasteiger partial charge >= 0.3 is 5.97 Å². The van der Waals surface area contributed by atoms with E-state index in [1.165, 1.54) is 42.3 Å². The molecule has 0 saturated carbocycles. The monoisotopic (exact) mass is 412 g/mol. The molecule has 146 valence electrons. The molecule has 0 aliphatic rings. The van der Waals surface area contributed by atoms with Gasteiger partial charge in [0, 0.05) is 5.69 Å². The summed E-state index contributed by atoms with van der Waals surface area (Å²) in [7, 11) is 1.30. The van der Waals surface area contributed by atoms with Crippen LogP contribution in [-0.2, 0) is 14.3 Å². The Balaban J connectivity index is 1.88. The van der Waals surface area contributed by atoms with Gasteiger partial charge in [-0.3, -0.25) is 4.79 Å². The highest BCUT2D eigenvalue weighted by atomic mass is 32.2. The standard InChI is InChI=1S/C17H21FN4O3S2/c1-4-10(2)14(15(24)25-3)20-13(23)9-26-17-22-21-16(27-17)19-12-7-5-6-11(18)8-12/h5-8,10,14H,4,9H2,1-3H3,(H,19,21)(H,20,23)/t10-,14+/m1/s1. The second-order valence-electron chi connectivity index (χ2n) is 5.75. The van der Waals surface area contributed by atoms with Gasteiger partial charge in [0.2, 0.25) is 11.0 Å². The first-order valence-electron chi connectivity index (χ1n) is 8.29. The van der Waals surface area contributed by atoms with Crippen molar-refractivity contribution in [1.82, 2.24) is 15.5 Å². The maximum Gasteiger partial charge on any atom is 0.328 e. The van der Waals surface area contributed by atoms with Gasteiger partial charge in [0.1, 0.15) is 11.9 Å². The van der Waals surface area contributed by atoms with E-state index in [1.807, 2.05) is 13.8 Å². The van der Waals surface area contributed by atoms with E-state index in [4.69, 9.17) is 4.74 Å². The van der Waals surface area contributed by atoms with Crippen LogP contribution in [0.4, 0.5) is 15.2 Å². The van der Waals surface area contributed by atoms with E-state index in [0.717, 1.165) is 6.42 Å². The molecule has 0 bridgehead atoms. The second kappa shape index (κ2) is 10.2. The van der Waals surface area contributed by atoms with Gasteiger partial charge in [-0.15, -0.1) is 10.2 Å². The number of hydrogen-bond acceptors (Lipinski definition) is 8. The van der Waals surface area contributed by atoms with Gasteiger partial charge < -0.3 is 15.4 Å². The summed E-state index contributed by atoms with van der Waals surface area (Å²) < 4.78 is 18.5. The molecule has 2 N–H and O–H groups in total. The fraction of sp³-hybridized carbons (Fsp3) is 0.412. The summed E-state index contributed by atoms with van der Waals surface area (Å²) in [6, 6.07) is 5.34. The fourth-order valence-electron chi connectivity index (χ4n) is 2.15. The molecule has 1 aromatic heterocycles. The first kappa shape index (κ1) is 21.1. The molecule has 1 aromatic carbocycles. The van der Waals surface area contributed by atoms with Crippen molar-refractivity contribution >= 4 is 45.8 Å². The average Bonchev–Trinajstić information content (AvgIpc) is 3.10. The number of esters is 1. The molecule has 2 rings (SSSR count). The predicted molar refractivity (Wildman–Crippen MR) is 104 cm³/mol. The minimum Gasteiger partial charge on any atom is -0.467 e. The van der Waals surface area contributed by atoms with E-state index in [9.17, 15) is 14.0 Å². The van der Waals surface area contributed by atoms with Gasteiger partial charge in [0.15, 0.2) is 4.34 Å². The van der Waals surface area contributed by atoms with Crippen LogP contribution in [0.1, 0.15) is 20.3 Å². The average molecular weight is 413 g/mol. The number of rotatable bonds is 9. The lowest BCUT2D eigenvalue weighted by Crippen LogP contribution is -2.46. The quantitative estimate of drug-likeness (QED) is 0.482. The number of benzene rings is 1. The van der Waals surface area contributed by atoms with Gasteiger partial charge in [0.25, 0.3) is 0 Å². The van der Waals surface area contributed by atoms with E-state index >= 15 is 0 Å². The van der Waals surface area contributed by atoms with Gasteiger partial charge in [0.05, 0.1) is 12.9 Å². The number of nitrogens with zero attached hydrogens (tertiary/aromatic N) is 2. The first-order chi connectivity index (χ1) is 12.9. The number of carbonyl (C=O) groups excluding carboxylic acids is 2. The van der Waals surface area contributed by atoms with Crippen molar-refractivity contribution in [3.05, 3.63) is 30.1 Å². The number of ether oxygens (including phenoxy) is 1. The summed E-state index contributed by atoms with van der Waals surface area (Å²) in [5.74, 6) is -1.03. The Morgan fingerprint density at radius 1 is 1.37 bits per heavy atom. The zero-order valence-corrected chi connectivity index (χ0v) is 16.8. The molecule has 0 radical (unpaired) electrons. The van der Waals surface area contributed by atoms with Crippen molar-refractivity contribution in [3.63, 3.8) is 0 Å². The third-order valence-corrected chi connectivity index (χ3v) is 5.77. The normalized spacial score (nSPS) is 12.9.